The molecule has 1 spiro atoms. The van der Waals surface area contributed by atoms with E-state index in [-0.39, 0.29) is 23.8 Å². The molecule has 3 aliphatic heterocycles. The van der Waals surface area contributed by atoms with E-state index in [9.17, 15) is 9.59 Å². The van der Waals surface area contributed by atoms with Crippen LogP contribution >= 0.6 is 15.9 Å². The van der Waals surface area contributed by atoms with E-state index in [1.165, 1.54) is 0 Å². The van der Waals surface area contributed by atoms with Crippen molar-refractivity contribution in [1.82, 2.24) is 4.90 Å². The minimum atomic E-state index is -0.724. The molecule has 2 saturated heterocycles. The third-order valence-corrected chi connectivity index (χ3v) is 5.90. The van der Waals surface area contributed by atoms with Gasteiger partial charge in [0, 0.05) is 21.8 Å². The SMILES string of the molecule is CCOC(=O)[C@@H]1C[C@]2(C(=O)Nc3ccc(Br)cc32)N2CCC[C@H]12. The molecule has 23 heavy (non-hydrogen) atoms. The van der Waals surface area contributed by atoms with Crippen LogP contribution in [-0.4, -0.2) is 36.0 Å². The van der Waals surface area contributed by atoms with Gasteiger partial charge < -0.3 is 10.1 Å². The zero-order valence-electron chi connectivity index (χ0n) is 13.0. The van der Waals surface area contributed by atoms with E-state index in [2.05, 4.69) is 26.1 Å². The second kappa shape index (κ2) is 5.31. The van der Waals surface area contributed by atoms with Gasteiger partial charge in [-0.15, -0.1) is 0 Å². The Morgan fingerprint density at radius 3 is 3.13 bits per heavy atom. The number of nitrogens with one attached hydrogen (secondary N) is 1. The summed E-state index contributed by atoms with van der Waals surface area (Å²) in [6.07, 6.45) is 2.46. The fourth-order valence-corrected chi connectivity index (χ4v) is 4.91. The van der Waals surface area contributed by atoms with E-state index < -0.39 is 5.54 Å². The number of benzene rings is 1. The molecule has 0 unspecified atom stereocenters. The van der Waals surface area contributed by atoms with Crippen molar-refractivity contribution in [1.29, 1.82) is 0 Å². The van der Waals surface area contributed by atoms with Crippen LogP contribution in [0, 0.1) is 5.92 Å². The monoisotopic (exact) mass is 378 g/mol. The van der Waals surface area contributed by atoms with Crippen LogP contribution in [0.2, 0.25) is 0 Å². The summed E-state index contributed by atoms with van der Waals surface area (Å²) in [5.74, 6) is -0.407. The van der Waals surface area contributed by atoms with Crippen molar-refractivity contribution in [3.63, 3.8) is 0 Å². The Kier molecular flexibility index (Phi) is 3.50. The van der Waals surface area contributed by atoms with Gasteiger partial charge in [0.25, 0.3) is 0 Å². The van der Waals surface area contributed by atoms with Gasteiger partial charge in [0.2, 0.25) is 5.91 Å². The molecule has 5 nitrogen and oxygen atoms in total. The normalized spacial score (nSPS) is 32.0. The summed E-state index contributed by atoms with van der Waals surface area (Å²) in [6, 6.07) is 5.97. The number of esters is 1. The largest absolute Gasteiger partial charge is 0.466 e. The Hall–Kier alpha value is -1.40. The number of ether oxygens (including phenoxy) is 1. The summed E-state index contributed by atoms with van der Waals surface area (Å²) in [5, 5.41) is 3.01. The highest BCUT2D eigenvalue weighted by Crippen LogP contribution is 2.54. The molecule has 2 fully saturated rings. The molecule has 0 aromatic heterocycles. The third kappa shape index (κ3) is 2.01. The second-order valence-electron chi connectivity index (χ2n) is 6.47. The molecule has 0 saturated carbocycles. The van der Waals surface area contributed by atoms with E-state index in [1.54, 1.807) is 0 Å². The number of fused-ring (bicyclic) bond motifs is 4. The van der Waals surface area contributed by atoms with Crippen LogP contribution in [0.3, 0.4) is 0 Å². The number of halogens is 1. The average Bonchev–Trinajstić information content (AvgIpc) is 3.16. The highest BCUT2D eigenvalue weighted by molar-refractivity contribution is 9.10. The number of nitrogens with zero attached hydrogens (tertiary/aromatic N) is 1. The van der Waals surface area contributed by atoms with Crippen LogP contribution in [0.5, 0.6) is 0 Å². The smallest absolute Gasteiger partial charge is 0.310 e. The van der Waals surface area contributed by atoms with Gasteiger partial charge in [-0.2, -0.15) is 0 Å². The molecule has 1 aromatic rings. The number of amides is 1. The van der Waals surface area contributed by atoms with Crippen molar-refractivity contribution in [3.8, 4) is 0 Å². The van der Waals surface area contributed by atoms with Gasteiger partial charge in [0.05, 0.1) is 12.5 Å². The number of anilines is 1. The van der Waals surface area contributed by atoms with Crippen LogP contribution in [0.15, 0.2) is 22.7 Å². The predicted octanol–water partition coefficient (Wildman–Crippen LogP) is 2.64. The lowest BCUT2D eigenvalue weighted by molar-refractivity contribution is -0.148. The van der Waals surface area contributed by atoms with Gasteiger partial charge in [-0.3, -0.25) is 14.5 Å². The highest BCUT2D eigenvalue weighted by Gasteiger charge is 2.63. The first-order valence-electron chi connectivity index (χ1n) is 8.13. The molecule has 3 atom stereocenters. The van der Waals surface area contributed by atoms with Gasteiger partial charge in [0.15, 0.2) is 0 Å². The van der Waals surface area contributed by atoms with Crippen LogP contribution in [0.1, 0.15) is 31.7 Å². The van der Waals surface area contributed by atoms with E-state index in [4.69, 9.17) is 4.74 Å². The molecular weight excluding hydrogens is 360 g/mol. The lowest BCUT2D eigenvalue weighted by atomic mass is 9.84. The number of carbonyl (C=O) groups excluding carboxylic acids is 2. The Bertz CT molecular complexity index is 692. The van der Waals surface area contributed by atoms with Crippen molar-refractivity contribution in [2.45, 2.75) is 37.8 Å². The molecule has 122 valence electrons. The molecule has 1 aromatic carbocycles. The Morgan fingerprint density at radius 1 is 1.52 bits per heavy atom. The molecule has 3 aliphatic rings. The Labute approximate surface area is 143 Å². The van der Waals surface area contributed by atoms with Crippen molar-refractivity contribution in [2.75, 3.05) is 18.5 Å². The molecule has 4 rings (SSSR count). The van der Waals surface area contributed by atoms with Crippen LogP contribution in [0.4, 0.5) is 5.69 Å². The Morgan fingerprint density at radius 2 is 2.35 bits per heavy atom. The van der Waals surface area contributed by atoms with Gasteiger partial charge in [-0.25, -0.2) is 0 Å². The van der Waals surface area contributed by atoms with Crippen LogP contribution in [0.25, 0.3) is 0 Å². The summed E-state index contributed by atoms with van der Waals surface area (Å²) in [4.78, 5) is 27.6. The highest BCUT2D eigenvalue weighted by atomic mass is 79.9. The minimum absolute atomic E-state index is 0.00991. The van der Waals surface area contributed by atoms with Gasteiger partial charge in [-0.05, 0) is 50.9 Å². The maximum Gasteiger partial charge on any atom is 0.310 e. The number of hydrogen-bond donors (Lipinski definition) is 1. The standard InChI is InChI=1S/C17H19BrN2O3/c1-2-23-15(21)11-9-17(20-7-3-4-14(11)20)12-8-10(18)5-6-13(12)19-16(17)22/h5-6,8,11,14H,2-4,7,9H2,1H3,(H,19,22)/t11-,14-,17+/m1/s1. The van der Waals surface area contributed by atoms with E-state index in [0.717, 1.165) is 35.1 Å². The van der Waals surface area contributed by atoms with Crippen molar-refractivity contribution >= 4 is 33.5 Å². The zero-order chi connectivity index (χ0) is 16.2. The van der Waals surface area contributed by atoms with Crippen molar-refractivity contribution in [2.24, 2.45) is 5.92 Å². The second-order valence-corrected chi connectivity index (χ2v) is 7.39. The molecule has 1 amide bonds. The van der Waals surface area contributed by atoms with Gasteiger partial charge in [-0.1, -0.05) is 15.9 Å². The molecule has 6 heteroatoms. The zero-order valence-corrected chi connectivity index (χ0v) is 14.6. The lowest BCUT2D eigenvalue weighted by Crippen LogP contribution is -2.47. The van der Waals surface area contributed by atoms with E-state index in [1.807, 2.05) is 25.1 Å². The average molecular weight is 379 g/mol. The van der Waals surface area contributed by atoms with Crippen molar-refractivity contribution in [3.05, 3.63) is 28.2 Å². The molecule has 0 aliphatic carbocycles. The predicted molar refractivity (Wildman–Crippen MR) is 88.9 cm³/mol. The van der Waals surface area contributed by atoms with Gasteiger partial charge >= 0.3 is 5.97 Å². The first-order chi connectivity index (χ1) is 11.1. The number of rotatable bonds is 2. The summed E-state index contributed by atoms with van der Waals surface area (Å²) in [7, 11) is 0. The van der Waals surface area contributed by atoms with Crippen molar-refractivity contribution < 1.29 is 14.3 Å². The fourth-order valence-electron chi connectivity index (χ4n) is 4.55. The Balaban J connectivity index is 1.81. The molecule has 0 bridgehead atoms. The molecular formula is C17H19BrN2O3. The summed E-state index contributed by atoms with van der Waals surface area (Å²) in [5.41, 5.74) is 1.11. The maximum absolute atomic E-state index is 12.9. The van der Waals surface area contributed by atoms with Gasteiger partial charge in [0.1, 0.15) is 5.54 Å². The fraction of sp³-hybridized carbons (Fsp3) is 0.529. The molecule has 0 radical (unpaired) electrons. The van der Waals surface area contributed by atoms with Crippen LogP contribution < -0.4 is 5.32 Å². The lowest BCUT2D eigenvalue weighted by Gasteiger charge is -2.32. The van der Waals surface area contributed by atoms with E-state index >= 15 is 0 Å². The topological polar surface area (TPSA) is 58.6 Å². The molecule has 3 heterocycles. The van der Waals surface area contributed by atoms with Crippen LogP contribution in [-0.2, 0) is 19.9 Å². The summed E-state index contributed by atoms with van der Waals surface area (Å²) in [6.45, 7) is 3.05. The summed E-state index contributed by atoms with van der Waals surface area (Å²) >= 11 is 3.51. The van der Waals surface area contributed by atoms with E-state index in [0.29, 0.717) is 13.0 Å². The summed E-state index contributed by atoms with van der Waals surface area (Å²) < 4.78 is 6.22. The quantitative estimate of drug-likeness (QED) is 0.803. The number of carbonyl (C=O) groups is 2. The maximum atomic E-state index is 12.9. The number of hydrogen-bond acceptors (Lipinski definition) is 4. The minimum Gasteiger partial charge on any atom is -0.466 e. The first kappa shape index (κ1) is 15.1. The third-order valence-electron chi connectivity index (χ3n) is 5.41. The first-order valence-corrected chi connectivity index (χ1v) is 8.92. The molecule has 1 N–H and O–H groups in total.